The lowest BCUT2D eigenvalue weighted by Crippen LogP contribution is -2.33. The van der Waals surface area contributed by atoms with Gasteiger partial charge in [0.05, 0.1) is 12.0 Å². The van der Waals surface area contributed by atoms with Crippen LogP contribution in [-0.4, -0.2) is 25.0 Å². The first-order valence-electron chi connectivity index (χ1n) is 4.81. The highest BCUT2D eigenvalue weighted by Crippen LogP contribution is 2.25. The van der Waals surface area contributed by atoms with Crippen LogP contribution >= 0.6 is 0 Å². The molecule has 0 radical (unpaired) electrons. The van der Waals surface area contributed by atoms with Crippen LogP contribution in [0.2, 0.25) is 0 Å². The van der Waals surface area contributed by atoms with Gasteiger partial charge >= 0.3 is 0 Å². The van der Waals surface area contributed by atoms with E-state index >= 15 is 0 Å². The van der Waals surface area contributed by atoms with Crippen LogP contribution in [-0.2, 0) is 0 Å². The topological polar surface area (TPSA) is 27.0 Å². The predicted octanol–water partition coefficient (Wildman–Crippen LogP) is 2.02. The van der Waals surface area contributed by atoms with Crippen LogP contribution in [0.3, 0.4) is 0 Å². The zero-order valence-electron chi connectivity index (χ0n) is 8.08. The maximum absolute atomic E-state index is 8.96. The number of hydrogen-bond donors (Lipinski definition) is 0. The van der Waals surface area contributed by atoms with Crippen molar-refractivity contribution in [3.8, 4) is 6.07 Å². The number of nitriles is 1. The van der Waals surface area contributed by atoms with Crippen molar-refractivity contribution in [2.75, 3.05) is 14.1 Å². The fourth-order valence-corrected chi connectivity index (χ4v) is 2.06. The molecule has 1 rings (SSSR count). The van der Waals surface area contributed by atoms with Gasteiger partial charge in [-0.25, -0.2) is 0 Å². The second-order valence-corrected chi connectivity index (χ2v) is 3.90. The highest BCUT2D eigenvalue weighted by molar-refractivity contribution is 4.93. The Morgan fingerprint density at radius 2 is 1.83 bits per heavy atom. The Kier molecular flexibility index (Phi) is 3.55. The molecule has 2 unspecified atom stereocenters. The molecule has 0 heterocycles. The molecule has 1 fully saturated rings. The minimum atomic E-state index is 0.266. The summed E-state index contributed by atoms with van der Waals surface area (Å²) in [6, 6.07) is 2.93. The Hall–Kier alpha value is -0.550. The number of nitrogens with zero attached hydrogens (tertiary/aromatic N) is 2. The van der Waals surface area contributed by atoms with Crippen molar-refractivity contribution in [1.82, 2.24) is 4.90 Å². The van der Waals surface area contributed by atoms with Crippen molar-refractivity contribution in [3.63, 3.8) is 0 Å². The summed E-state index contributed by atoms with van der Waals surface area (Å²) in [6.07, 6.45) is 6.14. The van der Waals surface area contributed by atoms with Crippen molar-refractivity contribution in [1.29, 1.82) is 5.26 Å². The standard InChI is InChI=1S/C10H18N2/c1-12(2)10-7-5-3-4-6-9(10)8-11/h9-10H,3-7H2,1-2H3. The summed E-state index contributed by atoms with van der Waals surface area (Å²) < 4.78 is 0. The molecule has 68 valence electrons. The zero-order chi connectivity index (χ0) is 8.97. The normalized spacial score (nSPS) is 31.2. The smallest absolute Gasteiger partial charge is 0.0672 e. The minimum absolute atomic E-state index is 0.266. The first-order valence-corrected chi connectivity index (χ1v) is 4.81. The quantitative estimate of drug-likeness (QED) is 0.557. The second kappa shape index (κ2) is 4.47. The average molecular weight is 166 g/mol. The lowest BCUT2D eigenvalue weighted by atomic mass is 9.96. The van der Waals surface area contributed by atoms with Crippen LogP contribution in [0.1, 0.15) is 32.1 Å². The molecule has 1 aliphatic rings. The van der Waals surface area contributed by atoms with E-state index < -0.39 is 0 Å². The first-order chi connectivity index (χ1) is 5.75. The Morgan fingerprint density at radius 1 is 1.17 bits per heavy atom. The van der Waals surface area contributed by atoms with Crippen LogP contribution in [0.25, 0.3) is 0 Å². The van der Waals surface area contributed by atoms with E-state index in [-0.39, 0.29) is 5.92 Å². The van der Waals surface area contributed by atoms with Crippen LogP contribution in [0.5, 0.6) is 0 Å². The van der Waals surface area contributed by atoms with Gasteiger partial charge in [0.15, 0.2) is 0 Å². The molecule has 0 spiro atoms. The molecule has 2 heteroatoms. The Morgan fingerprint density at radius 3 is 2.42 bits per heavy atom. The maximum atomic E-state index is 8.96. The van der Waals surface area contributed by atoms with E-state index in [4.69, 9.17) is 5.26 Å². The molecule has 1 saturated carbocycles. The Balaban J connectivity index is 2.59. The fraction of sp³-hybridized carbons (Fsp3) is 0.900. The van der Waals surface area contributed by atoms with Crippen molar-refractivity contribution in [2.45, 2.75) is 38.1 Å². The van der Waals surface area contributed by atoms with Gasteiger partial charge in [-0.05, 0) is 26.9 Å². The second-order valence-electron chi connectivity index (χ2n) is 3.90. The number of hydrogen-bond acceptors (Lipinski definition) is 2. The number of rotatable bonds is 1. The molecule has 0 amide bonds. The summed E-state index contributed by atoms with van der Waals surface area (Å²) in [6.45, 7) is 0. The average Bonchev–Trinajstić information content (AvgIpc) is 2.27. The molecule has 2 atom stereocenters. The third-order valence-electron chi connectivity index (χ3n) is 2.81. The van der Waals surface area contributed by atoms with E-state index in [2.05, 4.69) is 25.1 Å². The Bertz CT molecular complexity index is 169. The van der Waals surface area contributed by atoms with E-state index in [0.29, 0.717) is 6.04 Å². The van der Waals surface area contributed by atoms with E-state index in [1.165, 1.54) is 25.7 Å². The van der Waals surface area contributed by atoms with Crippen LogP contribution in [0.15, 0.2) is 0 Å². The lowest BCUT2D eigenvalue weighted by molar-refractivity contribution is 0.230. The molecular weight excluding hydrogens is 148 g/mol. The molecule has 0 aromatic heterocycles. The van der Waals surface area contributed by atoms with Gasteiger partial charge in [-0.1, -0.05) is 19.3 Å². The summed E-state index contributed by atoms with van der Waals surface area (Å²) in [5.74, 6) is 0.266. The lowest BCUT2D eigenvalue weighted by Gasteiger charge is -2.26. The molecule has 0 aromatic rings. The van der Waals surface area contributed by atoms with Gasteiger partial charge in [-0.15, -0.1) is 0 Å². The van der Waals surface area contributed by atoms with Crippen molar-refractivity contribution in [2.24, 2.45) is 5.92 Å². The van der Waals surface area contributed by atoms with Crippen molar-refractivity contribution < 1.29 is 0 Å². The summed E-state index contributed by atoms with van der Waals surface area (Å²) in [5.41, 5.74) is 0. The summed E-state index contributed by atoms with van der Waals surface area (Å²) in [4.78, 5) is 2.21. The van der Waals surface area contributed by atoms with E-state index in [1.807, 2.05) is 0 Å². The van der Waals surface area contributed by atoms with E-state index in [0.717, 1.165) is 6.42 Å². The van der Waals surface area contributed by atoms with Gasteiger partial charge in [0.25, 0.3) is 0 Å². The fourth-order valence-electron chi connectivity index (χ4n) is 2.06. The molecule has 0 bridgehead atoms. The van der Waals surface area contributed by atoms with Gasteiger partial charge < -0.3 is 4.90 Å². The van der Waals surface area contributed by atoms with Gasteiger partial charge in [-0.2, -0.15) is 5.26 Å². The molecule has 0 N–H and O–H groups in total. The molecule has 2 nitrogen and oxygen atoms in total. The van der Waals surface area contributed by atoms with Gasteiger partial charge in [0.2, 0.25) is 0 Å². The van der Waals surface area contributed by atoms with E-state index in [9.17, 15) is 0 Å². The van der Waals surface area contributed by atoms with Crippen molar-refractivity contribution in [3.05, 3.63) is 0 Å². The van der Waals surface area contributed by atoms with Gasteiger partial charge in [-0.3, -0.25) is 0 Å². The monoisotopic (exact) mass is 166 g/mol. The molecule has 0 aliphatic heterocycles. The van der Waals surface area contributed by atoms with E-state index in [1.54, 1.807) is 0 Å². The largest absolute Gasteiger partial charge is 0.305 e. The predicted molar refractivity (Wildman–Crippen MR) is 49.7 cm³/mol. The molecule has 0 aromatic carbocycles. The van der Waals surface area contributed by atoms with Gasteiger partial charge in [0, 0.05) is 6.04 Å². The Labute approximate surface area is 75.2 Å². The SMILES string of the molecule is CN(C)C1CCCCCC1C#N. The molecule has 1 aliphatic carbocycles. The molecule has 0 saturated heterocycles. The highest BCUT2D eigenvalue weighted by Gasteiger charge is 2.24. The molecule has 12 heavy (non-hydrogen) atoms. The summed E-state index contributed by atoms with van der Waals surface area (Å²) in [5, 5.41) is 8.96. The van der Waals surface area contributed by atoms with Gasteiger partial charge in [0.1, 0.15) is 0 Å². The minimum Gasteiger partial charge on any atom is -0.305 e. The van der Waals surface area contributed by atoms with Crippen LogP contribution in [0.4, 0.5) is 0 Å². The summed E-state index contributed by atoms with van der Waals surface area (Å²) >= 11 is 0. The maximum Gasteiger partial charge on any atom is 0.0672 e. The third kappa shape index (κ3) is 2.22. The van der Waals surface area contributed by atoms with Crippen LogP contribution in [0, 0.1) is 17.2 Å². The summed E-state index contributed by atoms with van der Waals surface area (Å²) in [7, 11) is 4.17. The molecular formula is C10H18N2. The highest BCUT2D eigenvalue weighted by atomic mass is 15.1. The van der Waals surface area contributed by atoms with Crippen LogP contribution < -0.4 is 0 Å². The van der Waals surface area contributed by atoms with Crippen molar-refractivity contribution >= 4 is 0 Å². The zero-order valence-corrected chi connectivity index (χ0v) is 8.08. The third-order valence-corrected chi connectivity index (χ3v) is 2.81. The first kappa shape index (κ1) is 9.54.